The zero-order chi connectivity index (χ0) is 29.9. The smallest absolute Gasteiger partial charge is 0.401 e. The van der Waals surface area contributed by atoms with Crippen LogP contribution >= 0.6 is 0 Å². The zero-order valence-electron chi connectivity index (χ0n) is 23.6. The molecule has 2 aromatic heterocycles. The van der Waals surface area contributed by atoms with Crippen molar-refractivity contribution in [3.8, 4) is 11.1 Å². The van der Waals surface area contributed by atoms with Crippen LogP contribution < -0.4 is 5.32 Å². The number of allylic oxidation sites excluding steroid dienone is 3. The van der Waals surface area contributed by atoms with E-state index in [9.17, 15) is 22.4 Å². The van der Waals surface area contributed by atoms with Crippen LogP contribution in [0.4, 0.5) is 29.1 Å². The number of nitrogens with zero attached hydrogens (tertiary/aromatic N) is 3. The van der Waals surface area contributed by atoms with Gasteiger partial charge in [-0.25, -0.2) is 9.37 Å². The molecule has 0 aliphatic heterocycles. The predicted molar refractivity (Wildman–Crippen MR) is 150 cm³/mol. The Kier molecular flexibility index (Phi) is 8.70. The number of pyridine rings is 1. The number of alkyl halides is 3. The highest BCUT2D eigenvalue weighted by Gasteiger charge is 2.66. The fourth-order valence-electron chi connectivity index (χ4n) is 4.70. The van der Waals surface area contributed by atoms with Crippen molar-refractivity contribution >= 4 is 17.3 Å². The average molecular weight is 571 g/mol. The highest BCUT2D eigenvalue weighted by atomic mass is 19.4. The van der Waals surface area contributed by atoms with Crippen LogP contribution in [0.25, 0.3) is 11.1 Å². The molecule has 4 rings (SSSR count). The van der Waals surface area contributed by atoms with E-state index in [0.29, 0.717) is 22.9 Å². The number of anilines is 2. The summed E-state index contributed by atoms with van der Waals surface area (Å²) in [6.45, 7) is 10.8. The van der Waals surface area contributed by atoms with E-state index in [2.05, 4.69) is 35.8 Å². The number of carbonyl (C=O) groups excluding carboxylic acids is 1. The Morgan fingerprint density at radius 2 is 1.90 bits per heavy atom. The molecule has 1 fully saturated rings. The molecule has 41 heavy (non-hydrogen) atoms. The molecular weight excluding hydrogens is 536 g/mol. The van der Waals surface area contributed by atoms with Gasteiger partial charge >= 0.3 is 6.18 Å². The van der Waals surface area contributed by atoms with Crippen LogP contribution in [-0.4, -0.2) is 33.8 Å². The van der Waals surface area contributed by atoms with Crippen LogP contribution in [0.5, 0.6) is 0 Å². The van der Waals surface area contributed by atoms with Gasteiger partial charge in [-0.2, -0.15) is 18.3 Å². The van der Waals surface area contributed by atoms with Gasteiger partial charge in [-0.05, 0) is 66.7 Å². The Hall–Kier alpha value is -3.95. The Morgan fingerprint density at radius 3 is 2.46 bits per heavy atom. The van der Waals surface area contributed by atoms with Gasteiger partial charge in [0.15, 0.2) is 0 Å². The van der Waals surface area contributed by atoms with E-state index < -0.39 is 17.4 Å². The number of Topliss-reactive ketones (excluding diaryl/α,β-unsaturated/α-hetero) is 1. The number of rotatable bonds is 12. The maximum Gasteiger partial charge on any atom is 0.401 e. The number of carbonyl (C=O) groups is 1. The number of benzene rings is 1. The first kappa shape index (κ1) is 30.0. The molecule has 0 radical (unpaired) electrons. The molecule has 0 atom stereocenters. The SMILES string of the molecule is C=C(/C=C(\OC)C1(C(F)(F)F)CC1)CC(=O)Cc1ccc(-c2ccc(Nc3cnn(CC(C)C)c3C)nc2)cc1F. The van der Waals surface area contributed by atoms with Crippen molar-refractivity contribution in [3.05, 3.63) is 83.8 Å². The molecule has 6 nitrogen and oxygen atoms in total. The molecule has 0 saturated heterocycles. The van der Waals surface area contributed by atoms with Gasteiger partial charge in [-0.15, -0.1) is 0 Å². The zero-order valence-corrected chi connectivity index (χ0v) is 23.6. The summed E-state index contributed by atoms with van der Waals surface area (Å²) in [6, 6.07) is 8.18. The number of ether oxygens (including phenoxy) is 1. The lowest BCUT2D eigenvalue weighted by atomic mass is 9.97. The highest BCUT2D eigenvalue weighted by Crippen LogP contribution is 2.62. The standard InChI is InChI=1S/C31H34F4N4O2/c1-19(2)18-39-21(4)27(17-37-39)38-29-9-8-24(16-36-29)22-6-7-23(26(32)15-22)14-25(40)12-20(3)13-28(41-5)30(10-11-30)31(33,34)35/h6-9,13,15-17,19H,3,10-12,14,18H2,1-2,4-5H3,(H,36,38)/b28-13-. The molecule has 1 aromatic carbocycles. The third-order valence-corrected chi connectivity index (χ3v) is 7.19. The van der Waals surface area contributed by atoms with Gasteiger partial charge in [0.05, 0.1) is 24.7 Å². The first-order chi connectivity index (χ1) is 19.3. The number of hydrogen-bond donors (Lipinski definition) is 1. The van der Waals surface area contributed by atoms with Crippen molar-refractivity contribution in [1.82, 2.24) is 14.8 Å². The Labute approximate surface area is 237 Å². The van der Waals surface area contributed by atoms with Gasteiger partial charge in [0.1, 0.15) is 28.6 Å². The quantitative estimate of drug-likeness (QED) is 0.137. The number of nitrogens with one attached hydrogen (secondary N) is 1. The van der Waals surface area contributed by atoms with E-state index in [1.165, 1.54) is 25.3 Å². The monoisotopic (exact) mass is 570 g/mol. The summed E-state index contributed by atoms with van der Waals surface area (Å²) in [5.41, 5.74) is 1.52. The molecule has 1 aliphatic rings. The second-order valence-corrected chi connectivity index (χ2v) is 10.9. The first-order valence-electron chi connectivity index (χ1n) is 13.4. The lowest BCUT2D eigenvalue weighted by molar-refractivity contribution is -0.184. The topological polar surface area (TPSA) is 69.0 Å². The largest absolute Gasteiger partial charge is 0.500 e. The summed E-state index contributed by atoms with van der Waals surface area (Å²) in [5, 5.41) is 7.67. The number of halogens is 4. The Bertz CT molecular complexity index is 1450. The maximum atomic E-state index is 14.9. The molecule has 0 amide bonds. The Morgan fingerprint density at radius 1 is 1.20 bits per heavy atom. The lowest BCUT2D eigenvalue weighted by Gasteiger charge is -2.21. The minimum Gasteiger partial charge on any atom is -0.500 e. The van der Waals surface area contributed by atoms with Gasteiger partial charge in [0, 0.05) is 31.1 Å². The van der Waals surface area contributed by atoms with E-state index in [4.69, 9.17) is 4.74 Å². The van der Waals surface area contributed by atoms with Gasteiger partial charge < -0.3 is 10.1 Å². The van der Waals surface area contributed by atoms with Crippen molar-refractivity contribution in [2.24, 2.45) is 11.3 Å². The molecule has 10 heteroatoms. The summed E-state index contributed by atoms with van der Waals surface area (Å²) < 4.78 is 62.1. The van der Waals surface area contributed by atoms with E-state index in [1.807, 2.05) is 17.7 Å². The van der Waals surface area contributed by atoms with Crippen LogP contribution in [-0.2, 0) is 22.5 Å². The molecule has 0 spiro atoms. The summed E-state index contributed by atoms with van der Waals surface area (Å²) in [4.78, 5) is 17.0. The van der Waals surface area contributed by atoms with Crippen molar-refractivity contribution < 1.29 is 27.1 Å². The number of aromatic nitrogens is 3. The second kappa shape index (κ2) is 11.9. The first-order valence-corrected chi connectivity index (χ1v) is 13.4. The molecule has 1 saturated carbocycles. The molecule has 2 heterocycles. The number of methoxy groups -OCH3 is 1. The third kappa shape index (κ3) is 6.86. The normalized spacial score (nSPS) is 14.7. The minimum atomic E-state index is -4.44. The van der Waals surface area contributed by atoms with E-state index >= 15 is 0 Å². The molecule has 1 N–H and O–H groups in total. The average Bonchev–Trinajstić information content (AvgIpc) is 3.66. The molecule has 3 aromatic rings. The van der Waals surface area contributed by atoms with Gasteiger partial charge in [0.2, 0.25) is 0 Å². The third-order valence-electron chi connectivity index (χ3n) is 7.19. The molecular formula is C31H34F4N4O2. The second-order valence-electron chi connectivity index (χ2n) is 10.9. The van der Waals surface area contributed by atoms with Crippen molar-refractivity contribution in [3.63, 3.8) is 0 Å². The van der Waals surface area contributed by atoms with Crippen molar-refractivity contribution in [2.75, 3.05) is 12.4 Å². The van der Waals surface area contributed by atoms with E-state index in [-0.39, 0.29) is 48.4 Å². The van der Waals surface area contributed by atoms with Crippen molar-refractivity contribution in [2.45, 2.75) is 59.2 Å². The summed E-state index contributed by atoms with van der Waals surface area (Å²) in [7, 11) is 1.17. The van der Waals surface area contributed by atoms with Gasteiger partial charge in [0.25, 0.3) is 0 Å². The summed E-state index contributed by atoms with van der Waals surface area (Å²) in [6.07, 6.45) is -0.410. The number of ketones is 1. The van der Waals surface area contributed by atoms with Gasteiger partial charge in [-0.1, -0.05) is 32.6 Å². The van der Waals surface area contributed by atoms with Crippen LogP contribution in [0, 0.1) is 24.1 Å². The van der Waals surface area contributed by atoms with Crippen LogP contribution in [0.3, 0.4) is 0 Å². The summed E-state index contributed by atoms with van der Waals surface area (Å²) >= 11 is 0. The maximum absolute atomic E-state index is 14.9. The van der Waals surface area contributed by atoms with E-state index in [1.54, 1.807) is 24.5 Å². The Balaban J connectivity index is 1.37. The van der Waals surface area contributed by atoms with E-state index in [0.717, 1.165) is 17.9 Å². The van der Waals surface area contributed by atoms with Crippen molar-refractivity contribution in [1.29, 1.82) is 0 Å². The lowest BCUT2D eigenvalue weighted by Crippen LogP contribution is -2.27. The molecule has 0 unspecified atom stereocenters. The predicted octanol–water partition coefficient (Wildman–Crippen LogP) is 7.72. The van der Waals surface area contributed by atoms with Crippen LogP contribution in [0.2, 0.25) is 0 Å². The van der Waals surface area contributed by atoms with Crippen LogP contribution in [0.1, 0.15) is 44.4 Å². The molecule has 218 valence electrons. The van der Waals surface area contributed by atoms with Gasteiger partial charge in [-0.3, -0.25) is 9.48 Å². The fourth-order valence-corrected chi connectivity index (χ4v) is 4.70. The van der Waals surface area contributed by atoms with Crippen LogP contribution in [0.15, 0.2) is 66.7 Å². The molecule has 1 aliphatic carbocycles. The highest BCUT2D eigenvalue weighted by molar-refractivity contribution is 5.83. The minimum absolute atomic E-state index is 0.0620. The molecule has 0 bridgehead atoms. The summed E-state index contributed by atoms with van der Waals surface area (Å²) in [5.74, 6) is -0.0776. The fraction of sp³-hybridized carbons (Fsp3) is 0.387. The number of hydrogen-bond acceptors (Lipinski definition) is 5.